The van der Waals surface area contributed by atoms with Crippen LogP contribution in [0.15, 0.2) is 27.6 Å². The number of hydrogen-bond donors (Lipinski definition) is 2. The summed E-state index contributed by atoms with van der Waals surface area (Å²) in [6.07, 6.45) is 3.13. The lowest BCUT2D eigenvalue weighted by Gasteiger charge is -2.09. The first kappa shape index (κ1) is 14.8. The van der Waals surface area contributed by atoms with E-state index < -0.39 is 10.0 Å². The fourth-order valence-corrected chi connectivity index (χ4v) is 2.90. The number of anilines is 1. The minimum Gasteiger partial charge on any atom is -0.384 e. The second kappa shape index (κ2) is 6.63. The van der Waals surface area contributed by atoms with E-state index in [1.54, 1.807) is 17.8 Å². The monoisotopic (exact) mass is 338 g/mol. The molecule has 1 rings (SSSR count). The lowest BCUT2D eigenvalue weighted by atomic mass is 10.3. The Morgan fingerprint density at radius 2 is 2.18 bits per heavy atom. The fraction of sp³-hybridized carbons (Fsp3) is 0.400. The van der Waals surface area contributed by atoms with Gasteiger partial charge in [-0.3, -0.25) is 0 Å². The normalized spacial score (nSPS) is 11.5. The van der Waals surface area contributed by atoms with E-state index in [4.69, 9.17) is 5.14 Å². The molecule has 0 atom stereocenters. The fourth-order valence-electron chi connectivity index (χ4n) is 1.26. The summed E-state index contributed by atoms with van der Waals surface area (Å²) in [5.41, 5.74) is 0.874. The van der Waals surface area contributed by atoms with Gasteiger partial charge in [0.15, 0.2) is 0 Å². The number of sulfonamides is 1. The van der Waals surface area contributed by atoms with Crippen LogP contribution in [0.3, 0.4) is 0 Å². The van der Waals surface area contributed by atoms with Crippen molar-refractivity contribution in [1.82, 2.24) is 0 Å². The highest BCUT2D eigenvalue weighted by atomic mass is 79.9. The zero-order chi connectivity index (χ0) is 12.9. The molecule has 4 nitrogen and oxygen atoms in total. The van der Waals surface area contributed by atoms with Crippen molar-refractivity contribution in [2.45, 2.75) is 11.3 Å². The van der Waals surface area contributed by atoms with Gasteiger partial charge in [-0.15, -0.1) is 0 Å². The molecular formula is C10H15BrN2O2S2. The van der Waals surface area contributed by atoms with Gasteiger partial charge in [0.05, 0.1) is 4.90 Å². The maximum absolute atomic E-state index is 11.1. The molecule has 0 aliphatic rings. The predicted octanol–water partition coefficient (Wildman–Crippen LogP) is 2.26. The van der Waals surface area contributed by atoms with E-state index in [1.807, 2.05) is 0 Å². The summed E-state index contributed by atoms with van der Waals surface area (Å²) < 4.78 is 23.0. The number of halogens is 1. The van der Waals surface area contributed by atoms with E-state index in [9.17, 15) is 8.42 Å². The van der Waals surface area contributed by atoms with Gasteiger partial charge in [-0.2, -0.15) is 11.8 Å². The molecule has 1 aromatic carbocycles. The molecule has 1 aromatic rings. The number of benzene rings is 1. The van der Waals surface area contributed by atoms with Crippen LogP contribution in [0, 0.1) is 0 Å². The molecule has 0 saturated carbocycles. The Balaban J connectivity index is 2.70. The summed E-state index contributed by atoms with van der Waals surface area (Å²) in [5.74, 6) is 1.10. The third-order valence-electron chi connectivity index (χ3n) is 2.11. The van der Waals surface area contributed by atoms with E-state index in [2.05, 4.69) is 27.5 Å². The molecule has 0 aromatic heterocycles. The quantitative estimate of drug-likeness (QED) is 0.780. The van der Waals surface area contributed by atoms with Crippen LogP contribution in [0.5, 0.6) is 0 Å². The van der Waals surface area contributed by atoms with Gasteiger partial charge in [0.2, 0.25) is 10.0 Å². The SMILES string of the molecule is CSCCCNc1ccc(S(N)(=O)=O)cc1Br. The highest BCUT2D eigenvalue weighted by Crippen LogP contribution is 2.25. The number of nitrogens with one attached hydrogen (secondary N) is 1. The van der Waals surface area contributed by atoms with Crippen molar-refractivity contribution in [3.8, 4) is 0 Å². The third kappa shape index (κ3) is 4.87. The van der Waals surface area contributed by atoms with Crippen LogP contribution >= 0.6 is 27.7 Å². The average Bonchev–Trinajstić information content (AvgIpc) is 2.24. The van der Waals surface area contributed by atoms with Gasteiger partial charge in [-0.05, 0) is 52.6 Å². The van der Waals surface area contributed by atoms with E-state index in [-0.39, 0.29) is 4.90 Å². The predicted molar refractivity (Wildman–Crippen MR) is 77.0 cm³/mol. The van der Waals surface area contributed by atoms with Crippen LogP contribution in [0.25, 0.3) is 0 Å². The Morgan fingerprint density at radius 3 is 2.71 bits per heavy atom. The van der Waals surface area contributed by atoms with Crippen LogP contribution in [-0.2, 0) is 10.0 Å². The number of rotatable bonds is 6. The maximum Gasteiger partial charge on any atom is 0.238 e. The van der Waals surface area contributed by atoms with Gasteiger partial charge in [0.1, 0.15) is 0 Å². The van der Waals surface area contributed by atoms with Crippen LogP contribution < -0.4 is 10.5 Å². The lowest BCUT2D eigenvalue weighted by Crippen LogP contribution is -2.12. The van der Waals surface area contributed by atoms with Crippen LogP contribution in [0.1, 0.15) is 6.42 Å². The van der Waals surface area contributed by atoms with Crippen molar-refractivity contribution in [3.63, 3.8) is 0 Å². The Kier molecular flexibility index (Phi) is 5.78. The van der Waals surface area contributed by atoms with E-state index >= 15 is 0 Å². The summed E-state index contributed by atoms with van der Waals surface area (Å²) in [6.45, 7) is 0.855. The van der Waals surface area contributed by atoms with Crippen molar-refractivity contribution >= 4 is 43.4 Å². The maximum atomic E-state index is 11.1. The second-order valence-electron chi connectivity index (χ2n) is 3.46. The van der Waals surface area contributed by atoms with Gasteiger partial charge < -0.3 is 5.32 Å². The van der Waals surface area contributed by atoms with E-state index in [0.29, 0.717) is 4.47 Å². The molecule has 96 valence electrons. The summed E-state index contributed by atoms with van der Waals surface area (Å²) in [4.78, 5) is 0.110. The minimum atomic E-state index is -3.63. The Labute approximate surface area is 115 Å². The Bertz CT molecular complexity index is 477. The van der Waals surface area contributed by atoms with Crippen molar-refractivity contribution in [2.24, 2.45) is 5.14 Å². The van der Waals surface area contributed by atoms with Crippen LogP contribution in [-0.4, -0.2) is 27.0 Å². The smallest absolute Gasteiger partial charge is 0.238 e. The topological polar surface area (TPSA) is 72.2 Å². The first-order chi connectivity index (χ1) is 7.95. The number of nitrogens with two attached hydrogens (primary N) is 1. The first-order valence-electron chi connectivity index (χ1n) is 5.00. The molecule has 17 heavy (non-hydrogen) atoms. The molecule has 0 amide bonds. The van der Waals surface area contributed by atoms with Gasteiger partial charge in [0.25, 0.3) is 0 Å². The van der Waals surface area contributed by atoms with Gasteiger partial charge in [-0.25, -0.2) is 13.6 Å². The second-order valence-corrected chi connectivity index (χ2v) is 6.86. The highest BCUT2D eigenvalue weighted by molar-refractivity contribution is 9.10. The summed E-state index contributed by atoms with van der Waals surface area (Å²) in [7, 11) is -3.63. The van der Waals surface area contributed by atoms with Gasteiger partial charge in [-0.1, -0.05) is 0 Å². The largest absolute Gasteiger partial charge is 0.384 e. The van der Waals surface area contributed by atoms with Crippen LogP contribution in [0.2, 0.25) is 0 Å². The number of primary sulfonamides is 1. The molecule has 0 heterocycles. The van der Waals surface area contributed by atoms with Crippen molar-refractivity contribution in [3.05, 3.63) is 22.7 Å². The summed E-state index contributed by atoms with van der Waals surface area (Å²) >= 11 is 5.12. The number of hydrogen-bond acceptors (Lipinski definition) is 4. The summed E-state index contributed by atoms with van der Waals surface area (Å²) in [6, 6.07) is 4.71. The van der Waals surface area contributed by atoms with Gasteiger partial charge >= 0.3 is 0 Å². The molecule has 7 heteroatoms. The molecule has 0 spiro atoms. The van der Waals surface area contributed by atoms with Crippen LogP contribution in [0.4, 0.5) is 5.69 Å². The molecule has 0 unspecified atom stereocenters. The molecule has 0 aliphatic carbocycles. The molecule has 0 bridgehead atoms. The van der Waals surface area contributed by atoms with Crippen molar-refractivity contribution in [1.29, 1.82) is 0 Å². The molecular weight excluding hydrogens is 324 g/mol. The highest BCUT2D eigenvalue weighted by Gasteiger charge is 2.09. The van der Waals surface area contributed by atoms with Crippen molar-refractivity contribution < 1.29 is 8.42 Å². The summed E-state index contributed by atoms with van der Waals surface area (Å²) in [5, 5.41) is 8.27. The molecule has 0 fully saturated rings. The first-order valence-corrected chi connectivity index (χ1v) is 8.73. The number of thioether (sulfide) groups is 1. The molecule has 3 N–H and O–H groups in total. The van der Waals surface area contributed by atoms with Crippen molar-refractivity contribution in [2.75, 3.05) is 23.9 Å². The third-order valence-corrected chi connectivity index (χ3v) is 4.37. The van der Waals surface area contributed by atoms with E-state index in [1.165, 1.54) is 12.1 Å². The molecule has 0 radical (unpaired) electrons. The molecule has 0 aliphatic heterocycles. The minimum absolute atomic E-state index is 0.110. The Morgan fingerprint density at radius 1 is 1.47 bits per heavy atom. The standard InChI is InChI=1S/C10H15BrN2O2S2/c1-16-6-2-5-13-10-4-3-8(7-9(10)11)17(12,14)15/h3-4,7,13H,2,5-6H2,1H3,(H2,12,14,15). The van der Waals surface area contributed by atoms with Gasteiger partial charge in [0, 0.05) is 16.7 Å². The average molecular weight is 339 g/mol. The molecule has 0 saturated heterocycles. The van der Waals surface area contributed by atoms with E-state index in [0.717, 1.165) is 24.4 Å². The Hall–Kier alpha value is -0.240. The zero-order valence-corrected chi connectivity index (χ0v) is 12.7. The lowest BCUT2D eigenvalue weighted by molar-refractivity contribution is 0.598. The zero-order valence-electron chi connectivity index (χ0n) is 9.44.